The highest BCUT2D eigenvalue weighted by Gasteiger charge is 2.48. The van der Waals surface area contributed by atoms with Crippen LogP contribution in [-0.2, 0) is 9.59 Å². The Labute approximate surface area is 109 Å². The maximum Gasteiger partial charge on any atom is 0.392 e. The van der Waals surface area contributed by atoms with Gasteiger partial charge in [0.1, 0.15) is 6.04 Å². The maximum atomic E-state index is 12.8. The molecule has 3 atom stereocenters. The van der Waals surface area contributed by atoms with Crippen LogP contribution < -0.4 is 5.32 Å². The molecule has 1 aliphatic rings. The normalized spacial score (nSPS) is 25.7. The topological polar surface area (TPSA) is 66.4 Å². The van der Waals surface area contributed by atoms with Crippen LogP contribution in [0.1, 0.15) is 39.0 Å². The van der Waals surface area contributed by atoms with E-state index in [-0.39, 0.29) is 19.3 Å². The molecule has 1 aliphatic carbocycles. The maximum absolute atomic E-state index is 12.8. The molecule has 0 aromatic rings. The van der Waals surface area contributed by atoms with Crippen LogP contribution in [-0.4, -0.2) is 29.2 Å². The molecule has 2 N–H and O–H groups in total. The van der Waals surface area contributed by atoms with Crippen LogP contribution in [0.25, 0.3) is 0 Å². The molecule has 1 rings (SSSR count). The average Bonchev–Trinajstić information content (AvgIpc) is 2.34. The van der Waals surface area contributed by atoms with E-state index in [0.717, 1.165) is 0 Å². The van der Waals surface area contributed by atoms with Crippen molar-refractivity contribution in [3.05, 3.63) is 0 Å². The minimum atomic E-state index is -4.41. The summed E-state index contributed by atoms with van der Waals surface area (Å²) in [4.78, 5) is 22.6. The quantitative estimate of drug-likeness (QED) is 0.831. The first-order chi connectivity index (χ1) is 8.77. The number of carboxylic acids is 1. The summed E-state index contributed by atoms with van der Waals surface area (Å²) in [6.07, 6.45) is -3.16. The fourth-order valence-electron chi connectivity index (χ4n) is 2.45. The van der Waals surface area contributed by atoms with E-state index in [1.165, 1.54) is 0 Å². The molecule has 0 aromatic carbocycles. The Balaban J connectivity index is 2.75. The van der Waals surface area contributed by atoms with Crippen molar-refractivity contribution in [2.24, 2.45) is 11.8 Å². The number of aliphatic carboxylic acids is 1. The molecular formula is C12H18F3NO3. The van der Waals surface area contributed by atoms with Gasteiger partial charge in [-0.05, 0) is 19.3 Å². The van der Waals surface area contributed by atoms with Gasteiger partial charge in [-0.3, -0.25) is 4.79 Å². The molecule has 0 bridgehead atoms. The van der Waals surface area contributed by atoms with Gasteiger partial charge in [-0.25, -0.2) is 4.79 Å². The van der Waals surface area contributed by atoms with Crippen molar-refractivity contribution in [2.45, 2.75) is 51.2 Å². The summed E-state index contributed by atoms with van der Waals surface area (Å²) < 4.78 is 38.5. The molecule has 4 nitrogen and oxygen atoms in total. The second-order valence-corrected chi connectivity index (χ2v) is 4.85. The van der Waals surface area contributed by atoms with Crippen molar-refractivity contribution in [3.63, 3.8) is 0 Å². The highest BCUT2D eigenvalue weighted by molar-refractivity contribution is 5.85. The number of halogens is 3. The van der Waals surface area contributed by atoms with Gasteiger partial charge in [-0.15, -0.1) is 0 Å². The van der Waals surface area contributed by atoms with Crippen LogP contribution in [0.2, 0.25) is 0 Å². The van der Waals surface area contributed by atoms with Crippen molar-refractivity contribution >= 4 is 11.9 Å². The van der Waals surface area contributed by atoms with E-state index < -0.39 is 35.9 Å². The Bertz CT molecular complexity index is 344. The number of nitrogens with one attached hydrogen (secondary N) is 1. The first-order valence-corrected chi connectivity index (χ1v) is 6.37. The summed E-state index contributed by atoms with van der Waals surface area (Å²) in [6.45, 7) is 1.56. The summed E-state index contributed by atoms with van der Waals surface area (Å²) in [5.41, 5.74) is 0. The summed E-state index contributed by atoms with van der Waals surface area (Å²) in [7, 11) is 0. The smallest absolute Gasteiger partial charge is 0.392 e. The molecule has 0 aliphatic heterocycles. The lowest BCUT2D eigenvalue weighted by Gasteiger charge is -2.32. The van der Waals surface area contributed by atoms with Crippen molar-refractivity contribution in [2.75, 3.05) is 0 Å². The summed E-state index contributed by atoms with van der Waals surface area (Å²) in [5.74, 6) is -4.85. The molecule has 1 fully saturated rings. The minimum absolute atomic E-state index is 0.0640. The Hall–Kier alpha value is -1.27. The predicted molar refractivity (Wildman–Crippen MR) is 61.4 cm³/mol. The van der Waals surface area contributed by atoms with Gasteiger partial charge in [0.15, 0.2) is 0 Å². The third-order valence-corrected chi connectivity index (χ3v) is 3.55. The second-order valence-electron chi connectivity index (χ2n) is 4.85. The largest absolute Gasteiger partial charge is 0.480 e. The van der Waals surface area contributed by atoms with Crippen LogP contribution in [0, 0.1) is 11.8 Å². The lowest BCUT2D eigenvalue weighted by atomic mass is 9.78. The van der Waals surface area contributed by atoms with Crippen LogP contribution in [0.4, 0.5) is 13.2 Å². The van der Waals surface area contributed by atoms with Crippen LogP contribution >= 0.6 is 0 Å². The predicted octanol–water partition coefficient (Wildman–Crippen LogP) is 2.33. The van der Waals surface area contributed by atoms with Gasteiger partial charge in [0.05, 0.1) is 5.92 Å². The standard InChI is InChI=1S/C12H18F3NO3/c1-2-9(11(18)19)16-10(17)7-5-3-4-6-8(7)12(13,14)15/h7-9H,2-6H2,1H3,(H,16,17)(H,18,19)/t7?,8?,9-/m1/s1. The number of carboxylic acid groups (broad SMARTS) is 1. The third kappa shape index (κ3) is 4.11. The van der Waals surface area contributed by atoms with Crippen molar-refractivity contribution in [3.8, 4) is 0 Å². The molecule has 0 aromatic heterocycles. The van der Waals surface area contributed by atoms with Crippen LogP contribution in [0.5, 0.6) is 0 Å². The number of hydrogen-bond acceptors (Lipinski definition) is 2. The highest BCUT2D eigenvalue weighted by Crippen LogP contribution is 2.41. The molecule has 0 heterocycles. The number of carbonyl (C=O) groups excluding carboxylic acids is 1. The van der Waals surface area contributed by atoms with E-state index in [2.05, 4.69) is 5.32 Å². The molecule has 19 heavy (non-hydrogen) atoms. The number of alkyl halides is 3. The first kappa shape index (κ1) is 15.8. The Morgan fingerprint density at radius 1 is 1.32 bits per heavy atom. The van der Waals surface area contributed by atoms with Crippen molar-refractivity contribution in [1.82, 2.24) is 5.32 Å². The van der Waals surface area contributed by atoms with E-state index in [1.807, 2.05) is 0 Å². The summed E-state index contributed by atoms with van der Waals surface area (Å²) in [6, 6.07) is -1.12. The first-order valence-electron chi connectivity index (χ1n) is 6.37. The van der Waals surface area contributed by atoms with Gasteiger partial charge in [0.25, 0.3) is 0 Å². The Morgan fingerprint density at radius 2 is 1.89 bits per heavy atom. The summed E-state index contributed by atoms with van der Waals surface area (Å²) in [5, 5.41) is 11.0. The van der Waals surface area contributed by atoms with E-state index >= 15 is 0 Å². The van der Waals surface area contributed by atoms with Crippen LogP contribution in [0.3, 0.4) is 0 Å². The van der Waals surface area contributed by atoms with E-state index in [0.29, 0.717) is 12.8 Å². The zero-order chi connectivity index (χ0) is 14.6. The number of carbonyl (C=O) groups is 2. The number of amides is 1. The average molecular weight is 281 g/mol. The Morgan fingerprint density at radius 3 is 2.37 bits per heavy atom. The number of rotatable bonds is 4. The van der Waals surface area contributed by atoms with E-state index in [1.54, 1.807) is 6.92 Å². The van der Waals surface area contributed by atoms with Gasteiger partial charge < -0.3 is 10.4 Å². The zero-order valence-electron chi connectivity index (χ0n) is 10.7. The lowest BCUT2D eigenvalue weighted by molar-refractivity contribution is -0.198. The Kier molecular flexibility index (Phi) is 5.20. The van der Waals surface area contributed by atoms with Crippen molar-refractivity contribution in [1.29, 1.82) is 0 Å². The molecule has 0 radical (unpaired) electrons. The molecule has 1 amide bonds. The van der Waals surface area contributed by atoms with Gasteiger partial charge in [0.2, 0.25) is 5.91 Å². The van der Waals surface area contributed by atoms with E-state index in [9.17, 15) is 22.8 Å². The van der Waals surface area contributed by atoms with Crippen LogP contribution in [0.15, 0.2) is 0 Å². The lowest BCUT2D eigenvalue weighted by Crippen LogP contribution is -2.48. The third-order valence-electron chi connectivity index (χ3n) is 3.55. The molecular weight excluding hydrogens is 263 g/mol. The summed E-state index contributed by atoms with van der Waals surface area (Å²) >= 11 is 0. The van der Waals surface area contributed by atoms with Gasteiger partial charge >= 0.3 is 12.1 Å². The number of hydrogen-bond donors (Lipinski definition) is 2. The fraction of sp³-hybridized carbons (Fsp3) is 0.833. The van der Waals surface area contributed by atoms with E-state index in [4.69, 9.17) is 5.11 Å². The molecule has 2 unspecified atom stereocenters. The molecule has 110 valence electrons. The monoisotopic (exact) mass is 281 g/mol. The molecule has 0 saturated heterocycles. The van der Waals surface area contributed by atoms with Crippen molar-refractivity contribution < 1.29 is 27.9 Å². The molecule has 7 heteroatoms. The van der Waals surface area contributed by atoms with Gasteiger partial charge in [0, 0.05) is 5.92 Å². The fourth-order valence-corrected chi connectivity index (χ4v) is 2.45. The minimum Gasteiger partial charge on any atom is -0.480 e. The van der Waals surface area contributed by atoms with Gasteiger partial charge in [-0.1, -0.05) is 19.8 Å². The molecule has 1 saturated carbocycles. The SMILES string of the molecule is CC[C@@H](NC(=O)C1CCCCC1C(F)(F)F)C(=O)O. The van der Waals surface area contributed by atoms with Gasteiger partial charge in [-0.2, -0.15) is 13.2 Å². The second kappa shape index (κ2) is 6.25. The highest BCUT2D eigenvalue weighted by atomic mass is 19.4. The zero-order valence-corrected chi connectivity index (χ0v) is 10.7. The molecule has 0 spiro atoms.